The van der Waals surface area contributed by atoms with Gasteiger partial charge in [0.1, 0.15) is 0 Å². The minimum absolute atomic E-state index is 0.0810. The van der Waals surface area contributed by atoms with E-state index in [1.165, 1.54) is 6.08 Å². The number of hydrogen-bond acceptors (Lipinski definition) is 1. The highest BCUT2D eigenvalue weighted by atomic mass is 79.9. The average molecular weight is 136 g/mol. The molecule has 0 rings (SSSR count). The van der Waals surface area contributed by atoms with Crippen LogP contribution in [0.25, 0.3) is 0 Å². The smallest absolute Gasteiger partial charge is 0.180 e. The highest BCUT2D eigenvalue weighted by Crippen LogP contribution is 2.01. The lowest BCUT2D eigenvalue weighted by molar-refractivity contribution is 0.404. The van der Waals surface area contributed by atoms with E-state index in [0.29, 0.717) is 0 Å². The Bertz CT molecular complexity index is 33.9. The maximum atomic E-state index is 8.08. The van der Waals surface area contributed by atoms with Crippen LogP contribution >= 0.6 is 15.9 Å². The Balaban J connectivity index is 2.83. The molecule has 0 aliphatic heterocycles. The molecule has 2 heteroatoms. The van der Waals surface area contributed by atoms with Gasteiger partial charge in [-0.05, 0) is 22.0 Å². The van der Waals surface area contributed by atoms with Crippen molar-refractivity contribution < 1.29 is 5.11 Å². The Kier molecular flexibility index (Phi) is 2.51. The first kappa shape index (κ1) is 5.18. The van der Waals surface area contributed by atoms with E-state index in [1.54, 1.807) is 0 Å². The van der Waals surface area contributed by atoms with Gasteiger partial charge in [0.05, 0.1) is 0 Å². The normalized spacial score (nSPS) is 8.60. The average Bonchev–Trinajstić information content (AvgIpc) is 1.38. The molecule has 0 saturated heterocycles. The molecule has 0 aromatic heterocycles. The van der Waals surface area contributed by atoms with Crippen LogP contribution in [0.2, 0.25) is 0 Å². The van der Waals surface area contributed by atoms with Crippen molar-refractivity contribution in [3.8, 4) is 0 Å². The van der Waals surface area contributed by atoms with Gasteiger partial charge in [-0.15, -0.1) is 0 Å². The fourth-order valence-electron chi connectivity index (χ4n) is 0. The molecule has 1 N–H and O–H groups in total. The van der Waals surface area contributed by atoms with Crippen LogP contribution < -0.4 is 0 Å². The second kappa shape index (κ2) is 2.42. The SMILES string of the molecule is C=C[C](O)Br. The fraction of sp³-hybridized carbons (Fsp3) is 0. The van der Waals surface area contributed by atoms with Crippen LogP contribution in [-0.2, 0) is 0 Å². The summed E-state index contributed by atoms with van der Waals surface area (Å²) in [5.41, 5.74) is 0. The summed E-state index contributed by atoms with van der Waals surface area (Å²) in [5.74, 6) is 0. The van der Waals surface area contributed by atoms with Crippen LogP contribution in [0.1, 0.15) is 0 Å². The minimum Gasteiger partial charge on any atom is -0.371 e. The van der Waals surface area contributed by atoms with Gasteiger partial charge in [-0.3, -0.25) is 0 Å². The van der Waals surface area contributed by atoms with E-state index >= 15 is 0 Å². The van der Waals surface area contributed by atoms with Crippen molar-refractivity contribution >= 4 is 15.9 Å². The third-order valence-corrected chi connectivity index (χ3v) is 0.492. The molecule has 0 fully saturated rings. The summed E-state index contributed by atoms with van der Waals surface area (Å²) >= 11 is 2.73. The first-order chi connectivity index (χ1) is 2.27. The maximum Gasteiger partial charge on any atom is 0.180 e. The van der Waals surface area contributed by atoms with E-state index in [2.05, 4.69) is 22.5 Å². The maximum absolute atomic E-state index is 8.08. The minimum atomic E-state index is 0.0810. The molecule has 0 aromatic rings. The molecule has 0 unspecified atom stereocenters. The van der Waals surface area contributed by atoms with Crippen LogP contribution in [0.4, 0.5) is 0 Å². The van der Waals surface area contributed by atoms with Crippen LogP contribution in [0.15, 0.2) is 12.7 Å². The quantitative estimate of drug-likeness (QED) is 0.577. The van der Waals surface area contributed by atoms with E-state index in [0.717, 1.165) is 0 Å². The Labute approximate surface area is 39.4 Å². The predicted molar refractivity (Wildman–Crippen MR) is 24.3 cm³/mol. The van der Waals surface area contributed by atoms with Gasteiger partial charge in [-0.1, -0.05) is 6.58 Å². The second-order valence-electron chi connectivity index (χ2n) is 0.527. The third kappa shape index (κ3) is 4.18. The molecule has 5 heavy (non-hydrogen) atoms. The van der Waals surface area contributed by atoms with Crippen molar-refractivity contribution in [1.29, 1.82) is 0 Å². The number of aliphatic hydroxyl groups is 1. The molecular weight excluding hydrogens is 132 g/mol. The Morgan fingerprint density at radius 3 is 2.20 bits per heavy atom. The zero-order valence-electron chi connectivity index (χ0n) is 2.61. The van der Waals surface area contributed by atoms with Gasteiger partial charge in [0.2, 0.25) is 0 Å². The van der Waals surface area contributed by atoms with Crippen molar-refractivity contribution in [3.63, 3.8) is 0 Å². The molecule has 1 nitrogen and oxygen atoms in total. The molecule has 0 saturated carbocycles. The van der Waals surface area contributed by atoms with Crippen LogP contribution in [0, 0.1) is 5.01 Å². The van der Waals surface area contributed by atoms with E-state index in [1.807, 2.05) is 0 Å². The summed E-state index contributed by atoms with van der Waals surface area (Å²) < 4.78 is 0. The standard InChI is InChI=1S/C3H4BrO/c1-2-3(4)5/h2,5H,1H2. The van der Waals surface area contributed by atoms with E-state index in [9.17, 15) is 0 Å². The predicted octanol–water partition coefficient (Wildman–Crippen LogP) is 1.43. The van der Waals surface area contributed by atoms with Crippen molar-refractivity contribution in [2.24, 2.45) is 0 Å². The lowest BCUT2D eigenvalue weighted by Crippen LogP contribution is -1.68. The summed E-state index contributed by atoms with van der Waals surface area (Å²) in [6.45, 7) is 3.23. The lowest BCUT2D eigenvalue weighted by Gasteiger charge is -1.79. The van der Waals surface area contributed by atoms with Gasteiger partial charge in [0.25, 0.3) is 0 Å². The first-order valence-electron chi connectivity index (χ1n) is 1.11. The number of halogens is 1. The number of rotatable bonds is 1. The van der Waals surface area contributed by atoms with Gasteiger partial charge in [-0.2, -0.15) is 0 Å². The molecule has 0 spiro atoms. The molecule has 0 heterocycles. The molecule has 0 aliphatic rings. The highest BCUT2D eigenvalue weighted by molar-refractivity contribution is 9.11. The fourth-order valence-corrected chi connectivity index (χ4v) is 0. The van der Waals surface area contributed by atoms with Crippen molar-refractivity contribution in [3.05, 3.63) is 17.7 Å². The van der Waals surface area contributed by atoms with Gasteiger partial charge >= 0.3 is 0 Å². The summed E-state index contributed by atoms with van der Waals surface area (Å²) in [5, 5.41) is 8.16. The summed E-state index contributed by atoms with van der Waals surface area (Å²) in [4.78, 5) is 0. The summed E-state index contributed by atoms with van der Waals surface area (Å²) in [6.07, 6.45) is 1.31. The third-order valence-electron chi connectivity index (χ3n) is 0.168. The van der Waals surface area contributed by atoms with Gasteiger partial charge < -0.3 is 5.11 Å². The van der Waals surface area contributed by atoms with Crippen molar-refractivity contribution in [2.45, 2.75) is 0 Å². The Hall–Kier alpha value is 0.180. The van der Waals surface area contributed by atoms with Crippen LogP contribution in [-0.4, -0.2) is 5.11 Å². The van der Waals surface area contributed by atoms with Gasteiger partial charge in [0, 0.05) is 0 Å². The summed E-state index contributed by atoms with van der Waals surface area (Å²) in [6, 6.07) is 0. The molecule has 0 atom stereocenters. The molecule has 0 amide bonds. The topological polar surface area (TPSA) is 20.2 Å². The largest absolute Gasteiger partial charge is 0.371 e. The zero-order chi connectivity index (χ0) is 4.28. The van der Waals surface area contributed by atoms with E-state index in [4.69, 9.17) is 5.11 Å². The molecular formula is C3H4BrO. The Morgan fingerprint density at radius 1 is 2.00 bits per heavy atom. The van der Waals surface area contributed by atoms with Crippen molar-refractivity contribution in [1.82, 2.24) is 0 Å². The molecule has 1 radical (unpaired) electrons. The van der Waals surface area contributed by atoms with Gasteiger partial charge in [0.15, 0.2) is 5.01 Å². The number of aliphatic hydroxyl groups excluding tert-OH is 1. The highest BCUT2D eigenvalue weighted by Gasteiger charge is 1.81. The second-order valence-corrected chi connectivity index (χ2v) is 1.34. The first-order valence-corrected chi connectivity index (χ1v) is 1.90. The number of hydrogen-bond donors (Lipinski definition) is 1. The van der Waals surface area contributed by atoms with Crippen LogP contribution in [0.3, 0.4) is 0 Å². The summed E-state index contributed by atoms with van der Waals surface area (Å²) in [7, 11) is 0. The molecule has 29 valence electrons. The van der Waals surface area contributed by atoms with E-state index in [-0.39, 0.29) is 5.01 Å². The van der Waals surface area contributed by atoms with Gasteiger partial charge in [-0.25, -0.2) is 0 Å². The lowest BCUT2D eigenvalue weighted by atomic mass is 10.7. The van der Waals surface area contributed by atoms with Crippen molar-refractivity contribution in [2.75, 3.05) is 0 Å². The van der Waals surface area contributed by atoms with E-state index < -0.39 is 0 Å². The molecule has 0 aromatic carbocycles. The van der Waals surface area contributed by atoms with Crippen LogP contribution in [0.5, 0.6) is 0 Å². The molecule has 0 aliphatic carbocycles. The zero-order valence-corrected chi connectivity index (χ0v) is 4.20. The Morgan fingerprint density at radius 2 is 2.20 bits per heavy atom. The molecule has 0 bridgehead atoms. The monoisotopic (exact) mass is 135 g/mol.